The van der Waals surface area contributed by atoms with E-state index in [1.54, 1.807) is 17.0 Å². The molecule has 2 heterocycles. The van der Waals surface area contributed by atoms with Gasteiger partial charge in [-0.05, 0) is 44.0 Å². The molecule has 15 heavy (non-hydrogen) atoms. The van der Waals surface area contributed by atoms with Crippen LogP contribution in [0.5, 0.6) is 0 Å². The minimum absolute atomic E-state index is 0.0625. The van der Waals surface area contributed by atoms with Crippen molar-refractivity contribution in [3.05, 3.63) is 21.3 Å². The van der Waals surface area contributed by atoms with Crippen LogP contribution in [0, 0.1) is 0 Å². The van der Waals surface area contributed by atoms with Gasteiger partial charge in [-0.3, -0.25) is 4.79 Å². The molecule has 1 unspecified atom stereocenters. The molecule has 6 heteroatoms. The summed E-state index contributed by atoms with van der Waals surface area (Å²) in [6.45, 7) is 0.349. The van der Waals surface area contributed by atoms with Gasteiger partial charge in [0.25, 0.3) is 0 Å². The van der Waals surface area contributed by atoms with Crippen LogP contribution in [0.1, 0.15) is 6.42 Å². The van der Waals surface area contributed by atoms with E-state index < -0.39 is 6.10 Å². The number of carbonyl (C=O) groups is 1. The number of aromatic nitrogens is 1. The maximum absolute atomic E-state index is 11.5. The van der Waals surface area contributed by atoms with Gasteiger partial charge in [0.2, 0.25) is 5.91 Å². The number of β-amino-alcohol motifs (C(OH)–C–C–N with tert-alkyl or cyclic N) is 1. The molecule has 1 aromatic rings. The fraction of sp³-hybridized carbons (Fsp3) is 0.333. The van der Waals surface area contributed by atoms with Crippen LogP contribution < -0.4 is 4.90 Å². The topological polar surface area (TPSA) is 53.4 Å². The summed E-state index contributed by atoms with van der Waals surface area (Å²) in [6, 6.07) is 3.50. The highest BCUT2D eigenvalue weighted by Gasteiger charge is 2.29. The van der Waals surface area contributed by atoms with Crippen molar-refractivity contribution >= 4 is 43.5 Å². The van der Waals surface area contributed by atoms with E-state index in [1.807, 2.05) is 0 Å². The molecule has 4 nitrogen and oxygen atoms in total. The molecule has 2 rings (SSSR count). The van der Waals surface area contributed by atoms with Crippen LogP contribution in [-0.2, 0) is 4.79 Å². The largest absolute Gasteiger partial charge is 0.391 e. The molecule has 1 amide bonds. The van der Waals surface area contributed by atoms with Crippen molar-refractivity contribution in [2.24, 2.45) is 0 Å². The summed E-state index contributed by atoms with van der Waals surface area (Å²) in [5.74, 6) is -0.0625. The van der Waals surface area contributed by atoms with Gasteiger partial charge < -0.3 is 10.0 Å². The number of nitrogens with zero attached hydrogens (tertiary/aromatic N) is 2. The third kappa shape index (κ3) is 2.38. The number of halogens is 2. The van der Waals surface area contributed by atoms with Crippen LogP contribution in [0.15, 0.2) is 21.3 Å². The van der Waals surface area contributed by atoms with E-state index in [-0.39, 0.29) is 12.3 Å². The summed E-state index contributed by atoms with van der Waals surface area (Å²) in [7, 11) is 0. The molecular formula is C9H8Br2N2O2. The van der Waals surface area contributed by atoms with Crippen molar-refractivity contribution in [1.82, 2.24) is 4.98 Å². The summed E-state index contributed by atoms with van der Waals surface area (Å²) < 4.78 is 1.31. The van der Waals surface area contributed by atoms with E-state index in [2.05, 4.69) is 36.8 Å². The molecule has 0 saturated carbocycles. The second kappa shape index (κ2) is 4.19. The molecule has 1 aliphatic rings. The summed E-state index contributed by atoms with van der Waals surface area (Å²) in [4.78, 5) is 17.2. The number of carbonyl (C=O) groups excluding carboxylic acids is 1. The number of hydrogen-bond acceptors (Lipinski definition) is 3. The lowest BCUT2D eigenvalue weighted by Gasteiger charge is -2.16. The van der Waals surface area contributed by atoms with Crippen LogP contribution in [-0.4, -0.2) is 28.6 Å². The van der Waals surface area contributed by atoms with E-state index in [9.17, 15) is 9.90 Å². The molecule has 1 aliphatic heterocycles. The molecule has 80 valence electrons. The molecule has 0 spiro atoms. The standard InChI is InChI=1S/C9H8Br2N2O2/c10-7-1-5(2-8(11)12-7)13-4-6(14)3-9(13)15/h1-2,6,14H,3-4H2. The van der Waals surface area contributed by atoms with E-state index >= 15 is 0 Å². The normalized spacial score (nSPS) is 21.1. The lowest BCUT2D eigenvalue weighted by atomic mass is 10.3. The highest BCUT2D eigenvalue weighted by atomic mass is 79.9. The average Bonchev–Trinajstić information content (AvgIpc) is 2.43. The average molecular weight is 336 g/mol. The van der Waals surface area contributed by atoms with Gasteiger partial charge in [-0.15, -0.1) is 0 Å². The summed E-state index contributed by atoms with van der Waals surface area (Å²) in [5.41, 5.74) is 0.741. The molecular weight excluding hydrogens is 328 g/mol. The highest BCUT2D eigenvalue weighted by Crippen LogP contribution is 2.26. The second-order valence-corrected chi connectivity index (χ2v) is 4.96. The number of aliphatic hydroxyl groups is 1. The Morgan fingerprint density at radius 3 is 2.47 bits per heavy atom. The Morgan fingerprint density at radius 2 is 2.00 bits per heavy atom. The molecule has 1 atom stereocenters. The predicted octanol–water partition coefficient (Wildman–Crippen LogP) is 1.70. The minimum Gasteiger partial charge on any atom is -0.391 e. The highest BCUT2D eigenvalue weighted by molar-refractivity contribution is 9.11. The van der Waals surface area contributed by atoms with Crippen molar-refractivity contribution in [1.29, 1.82) is 0 Å². The Hall–Kier alpha value is -0.460. The van der Waals surface area contributed by atoms with Gasteiger partial charge in [-0.2, -0.15) is 0 Å². The quantitative estimate of drug-likeness (QED) is 0.795. The fourth-order valence-corrected chi connectivity index (χ4v) is 2.64. The van der Waals surface area contributed by atoms with E-state index in [0.717, 1.165) is 5.69 Å². The van der Waals surface area contributed by atoms with Gasteiger partial charge in [-0.1, -0.05) is 0 Å². The molecule has 0 aromatic carbocycles. The minimum atomic E-state index is -0.566. The van der Waals surface area contributed by atoms with Gasteiger partial charge in [0.05, 0.1) is 19.1 Å². The van der Waals surface area contributed by atoms with Crippen molar-refractivity contribution in [3.8, 4) is 0 Å². The first kappa shape index (κ1) is 11.0. The van der Waals surface area contributed by atoms with Crippen LogP contribution in [0.2, 0.25) is 0 Å². The summed E-state index contributed by atoms with van der Waals surface area (Å²) in [6.07, 6.45) is -0.374. The van der Waals surface area contributed by atoms with E-state index in [1.165, 1.54) is 0 Å². The third-order valence-electron chi connectivity index (χ3n) is 2.16. The Labute approximate surface area is 104 Å². The molecule has 0 aliphatic carbocycles. The SMILES string of the molecule is O=C1CC(O)CN1c1cc(Br)nc(Br)c1. The van der Waals surface area contributed by atoms with Gasteiger partial charge in [0.1, 0.15) is 9.21 Å². The van der Waals surface area contributed by atoms with E-state index in [4.69, 9.17) is 0 Å². The number of rotatable bonds is 1. The van der Waals surface area contributed by atoms with Gasteiger partial charge in [0, 0.05) is 5.69 Å². The molecule has 0 bridgehead atoms. The number of aliphatic hydroxyl groups excluding tert-OH is 1. The predicted molar refractivity (Wildman–Crippen MR) is 62.6 cm³/mol. The Kier molecular flexibility index (Phi) is 3.08. The van der Waals surface area contributed by atoms with Crippen LogP contribution in [0.25, 0.3) is 0 Å². The molecule has 1 fully saturated rings. The molecule has 1 aromatic heterocycles. The van der Waals surface area contributed by atoms with Crippen molar-refractivity contribution in [2.75, 3.05) is 11.4 Å². The maximum Gasteiger partial charge on any atom is 0.229 e. The Balaban J connectivity index is 2.33. The van der Waals surface area contributed by atoms with Gasteiger partial charge in [0.15, 0.2) is 0 Å². The number of hydrogen-bond donors (Lipinski definition) is 1. The lowest BCUT2D eigenvalue weighted by Crippen LogP contribution is -2.25. The van der Waals surface area contributed by atoms with Crippen LogP contribution >= 0.6 is 31.9 Å². The van der Waals surface area contributed by atoms with E-state index in [0.29, 0.717) is 15.8 Å². The maximum atomic E-state index is 11.5. The zero-order chi connectivity index (χ0) is 11.0. The van der Waals surface area contributed by atoms with Crippen molar-refractivity contribution < 1.29 is 9.90 Å². The smallest absolute Gasteiger partial charge is 0.229 e. The van der Waals surface area contributed by atoms with Gasteiger partial charge in [-0.25, -0.2) is 4.98 Å². The first-order valence-corrected chi connectivity index (χ1v) is 5.96. The van der Waals surface area contributed by atoms with Crippen LogP contribution in [0.4, 0.5) is 5.69 Å². The van der Waals surface area contributed by atoms with Crippen molar-refractivity contribution in [2.45, 2.75) is 12.5 Å². The summed E-state index contributed by atoms with van der Waals surface area (Å²) >= 11 is 6.51. The number of pyridine rings is 1. The summed E-state index contributed by atoms with van der Waals surface area (Å²) in [5, 5.41) is 9.37. The first-order chi connectivity index (χ1) is 7.06. The first-order valence-electron chi connectivity index (χ1n) is 4.38. The Bertz CT molecular complexity index is 391. The zero-order valence-corrected chi connectivity index (χ0v) is 10.8. The zero-order valence-electron chi connectivity index (χ0n) is 7.65. The fourth-order valence-electron chi connectivity index (χ4n) is 1.55. The second-order valence-electron chi connectivity index (χ2n) is 3.33. The lowest BCUT2D eigenvalue weighted by molar-refractivity contribution is -0.117. The third-order valence-corrected chi connectivity index (χ3v) is 2.98. The Morgan fingerprint density at radius 1 is 1.40 bits per heavy atom. The number of amides is 1. The molecule has 1 N–H and O–H groups in total. The molecule has 0 radical (unpaired) electrons. The van der Waals surface area contributed by atoms with Crippen molar-refractivity contribution in [3.63, 3.8) is 0 Å². The number of anilines is 1. The van der Waals surface area contributed by atoms with Gasteiger partial charge >= 0.3 is 0 Å². The monoisotopic (exact) mass is 334 g/mol. The molecule has 1 saturated heterocycles. The van der Waals surface area contributed by atoms with Crippen LogP contribution in [0.3, 0.4) is 0 Å².